The van der Waals surface area contributed by atoms with Crippen LogP contribution in [0.3, 0.4) is 0 Å². The number of azide groups is 1. The molecular formula is C12H19N8O13P3. The highest BCUT2D eigenvalue weighted by Gasteiger charge is 2.47. The third-order valence-corrected chi connectivity index (χ3v) is 9.18. The first-order valence-electron chi connectivity index (χ1n) is 9.44. The zero-order valence-electron chi connectivity index (χ0n) is 17.6. The number of nitrogens with zero attached hydrogens (tertiary/aromatic N) is 6. The van der Waals surface area contributed by atoms with E-state index < -0.39 is 72.7 Å². The minimum Gasteiger partial charge on any atom is -0.387 e. The van der Waals surface area contributed by atoms with E-state index in [9.17, 15) is 43.4 Å². The van der Waals surface area contributed by atoms with Crippen LogP contribution in [0.1, 0.15) is 6.23 Å². The maximum absolute atomic E-state index is 12.1. The Morgan fingerprint density at radius 2 is 1.92 bits per heavy atom. The highest BCUT2D eigenvalue weighted by atomic mass is 31.3. The predicted molar refractivity (Wildman–Crippen MR) is 115 cm³/mol. The first kappa shape index (κ1) is 28.4. The second-order valence-corrected chi connectivity index (χ2v) is 12.2. The Kier molecular flexibility index (Phi) is 8.39. The molecule has 0 saturated carbocycles. The number of anilines is 1. The second-order valence-electron chi connectivity index (χ2n) is 7.03. The summed E-state index contributed by atoms with van der Waals surface area (Å²) in [4.78, 5) is 52.8. The largest absolute Gasteiger partial charge is 0.488 e. The van der Waals surface area contributed by atoms with Crippen LogP contribution in [0.2, 0.25) is 0 Å². The topological polar surface area (TPSA) is 328 Å². The molecule has 8 N–H and O–H groups in total. The molecule has 3 heterocycles. The van der Waals surface area contributed by atoms with E-state index in [1.165, 1.54) is 0 Å². The minimum absolute atomic E-state index is 0.113. The molecular weight excluding hydrogens is 557 g/mol. The lowest BCUT2D eigenvalue weighted by molar-refractivity contribution is -0.0503. The molecule has 36 heavy (non-hydrogen) atoms. The molecule has 2 aromatic heterocycles. The summed E-state index contributed by atoms with van der Waals surface area (Å²) < 4.78 is 54.5. The fourth-order valence-electron chi connectivity index (χ4n) is 2.98. The Hall–Kier alpha value is -2.21. The van der Waals surface area contributed by atoms with E-state index in [0.29, 0.717) is 0 Å². The SMILES string of the molecule is [N-]=[N+]=NCCP(=O)(O)OP(=O)(O)OP(=O)(O)OCC1OC(n2cnc3c(=O)[nH]c(N)nc32)C(O)C1O. The van der Waals surface area contributed by atoms with Gasteiger partial charge in [0, 0.05) is 11.5 Å². The molecule has 7 unspecified atom stereocenters. The Balaban J connectivity index is 1.66. The predicted octanol–water partition coefficient (Wildman–Crippen LogP) is -0.933. The van der Waals surface area contributed by atoms with Crippen LogP contribution in [-0.2, 0) is 31.6 Å². The second kappa shape index (κ2) is 10.6. The summed E-state index contributed by atoms with van der Waals surface area (Å²) in [5, 5.41) is 23.5. The molecule has 7 atom stereocenters. The van der Waals surface area contributed by atoms with Gasteiger partial charge in [-0.15, -0.1) is 0 Å². The van der Waals surface area contributed by atoms with Crippen LogP contribution in [0, 0.1) is 0 Å². The zero-order chi connectivity index (χ0) is 26.9. The lowest BCUT2D eigenvalue weighted by atomic mass is 10.1. The van der Waals surface area contributed by atoms with Gasteiger partial charge in [0.2, 0.25) is 5.95 Å². The number of nitrogens with two attached hydrogens (primary N) is 1. The van der Waals surface area contributed by atoms with Crippen molar-refractivity contribution in [3.05, 3.63) is 27.1 Å². The molecule has 1 aliphatic heterocycles. The van der Waals surface area contributed by atoms with E-state index in [2.05, 4.69) is 38.1 Å². The summed E-state index contributed by atoms with van der Waals surface area (Å²) in [5.74, 6) is -0.276. The summed E-state index contributed by atoms with van der Waals surface area (Å²) in [6, 6.07) is 0. The number of aromatic nitrogens is 4. The van der Waals surface area contributed by atoms with E-state index in [1.807, 2.05) is 0 Å². The van der Waals surface area contributed by atoms with Crippen molar-refractivity contribution in [3.63, 3.8) is 0 Å². The van der Waals surface area contributed by atoms with Gasteiger partial charge >= 0.3 is 23.2 Å². The number of phosphoric acid groups is 2. The van der Waals surface area contributed by atoms with Gasteiger partial charge in [0.1, 0.15) is 18.3 Å². The van der Waals surface area contributed by atoms with Gasteiger partial charge in [0.25, 0.3) is 5.56 Å². The van der Waals surface area contributed by atoms with Gasteiger partial charge in [-0.2, -0.15) is 9.29 Å². The number of hydrogen-bond donors (Lipinski definition) is 7. The quantitative estimate of drug-likeness (QED) is 0.0734. The number of imidazole rings is 1. The molecule has 0 aliphatic carbocycles. The molecule has 0 spiro atoms. The smallest absolute Gasteiger partial charge is 0.387 e. The van der Waals surface area contributed by atoms with Crippen LogP contribution >= 0.6 is 23.2 Å². The normalized spacial score (nSPS) is 27.1. The molecule has 1 aliphatic rings. The van der Waals surface area contributed by atoms with Crippen LogP contribution in [0.5, 0.6) is 0 Å². The van der Waals surface area contributed by atoms with Crippen molar-refractivity contribution in [3.8, 4) is 0 Å². The number of nitrogen functional groups attached to an aromatic ring is 1. The molecule has 200 valence electrons. The highest BCUT2D eigenvalue weighted by Crippen LogP contribution is 2.67. The van der Waals surface area contributed by atoms with Gasteiger partial charge in [-0.05, 0) is 5.53 Å². The molecule has 0 amide bonds. The van der Waals surface area contributed by atoms with Crippen molar-refractivity contribution in [2.45, 2.75) is 24.5 Å². The number of aliphatic hydroxyl groups excluding tert-OH is 2. The number of ether oxygens (including phenoxy) is 1. The molecule has 21 nitrogen and oxygen atoms in total. The fraction of sp³-hybridized carbons (Fsp3) is 0.583. The number of aliphatic hydroxyl groups is 2. The van der Waals surface area contributed by atoms with E-state index in [0.717, 1.165) is 10.9 Å². The summed E-state index contributed by atoms with van der Waals surface area (Å²) in [6.45, 7) is -1.60. The minimum atomic E-state index is -5.67. The maximum atomic E-state index is 12.1. The van der Waals surface area contributed by atoms with Crippen molar-refractivity contribution in [1.29, 1.82) is 0 Å². The van der Waals surface area contributed by atoms with Gasteiger partial charge in [-0.1, -0.05) is 5.11 Å². The van der Waals surface area contributed by atoms with Crippen LogP contribution in [0.4, 0.5) is 5.95 Å². The molecule has 0 radical (unpaired) electrons. The number of fused-ring (bicyclic) bond motifs is 1. The maximum Gasteiger partial charge on any atom is 0.488 e. The summed E-state index contributed by atoms with van der Waals surface area (Å²) in [6.07, 6.45) is -6.24. The molecule has 1 fully saturated rings. The number of hydrogen-bond acceptors (Lipinski definition) is 14. The van der Waals surface area contributed by atoms with Gasteiger partial charge in [-0.25, -0.2) is 18.4 Å². The zero-order valence-corrected chi connectivity index (χ0v) is 20.3. The van der Waals surface area contributed by atoms with Crippen molar-refractivity contribution < 1.29 is 56.5 Å². The van der Waals surface area contributed by atoms with E-state index in [1.54, 1.807) is 0 Å². The Morgan fingerprint density at radius 1 is 1.22 bits per heavy atom. The molecule has 1 saturated heterocycles. The Labute approximate surface area is 198 Å². The highest BCUT2D eigenvalue weighted by molar-refractivity contribution is 7.68. The van der Waals surface area contributed by atoms with Gasteiger partial charge < -0.3 is 35.4 Å². The average Bonchev–Trinajstić information content (AvgIpc) is 3.26. The number of phosphoric ester groups is 1. The van der Waals surface area contributed by atoms with Crippen LogP contribution in [0.15, 0.2) is 16.2 Å². The van der Waals surface area contributed by atoms with E-state index in [-0.39, 0.29) is 17.1 Å². The van der Waals surface area contributed by atoms with Crippen molar-refractivity contribution in [2.75, 3.05) is 25.0 Å². The van der Waals surface area contributed by atoms with Crippen molar-refractivity contribution in [2.24, 2.45) is 5.11 Å². The molecule has 0 aromatic carbocycles. The third kappa shape index (κ3) is 6.76. The lowest BCUT2D eigenvalue weighted by Gasteiger charge is -2.20. The fourth-order valence-corrected chi connectivity index (χ4v) is 6.89. The number of H-pyrrole nitrogens is 1. The number of aromatic amines is 1. The summed E-state index contributed by atoms with van der Waals surface area (Å²) in [5.41, 5.74) is 12.7. The van der Waals surface area contributed by atoms with Crippen LogP contribution < -0.4 is 11.3 Å². The number of nitrogens with one attached hydrogen (secondary N) is 1. The molecule has 2 aromatic rings. The van der Waals surface area contributed by atoms with Gasteiger partial charge in [0.05, 0.1) is 19.1 Å². The standard InChI is InChI=1S/C12H19N8O13P3/c13-12-17-9-6(10(23)18-12)15-4-20(9)11-8(22)7(21)5(31-11)3-30-35(26,27)33-36(28,29)32-34(24,25)2-1-16-19-14/h4-5,7-8,11,21-22H,1-3H2,(H,24,25)(H,26,27)(H,28,29)(H3,13,17,18,23). The summed E-state index contributed by atoms with van der Waals surface area (Å²) >= 11 is 0. The summed E-state index contributed by atoms with van der Waals surface area (Å²) in [7, 11) is -16.0. The average molecular weight is 576 g/mol. The van der Waals surface area contributed by atoms with E-state index >= 15 is 0 Å². The van der Waals surface area contributed by atoms with Gasteiger partial charge in [-0.3, -0.25) is 23.4 Å². The van der Waals surface area contributed by atoms with Gasteiger partial charge in [0.15, 0.2) is 17.4 Å². The first-order valence-corrected chi connectivity index (χ1v) is 14.2. The van der Waals surface area contributed by atoms with E-state index in [4.69, 9.17) is 16.0 Å². The molecule has 0 bridgehead atoms. The van der Waals surface area contributed by atoms with Crippen molar-refractivity contribution in [1.82, 2.24) is 19.5 Å². The first-order chi connectivity index (χ1) is 16.6. The number of rotatable bonds is 11. The monoisotopic (exact) mass is 576 g/mol. The third-order valence-electron chi connectivity index (χ3n) is 4.45. The van der Waals surface area contributed by atoms with Crippen LogP contribution in [0.25, 0.3) is 21.6 Å². The Morgan fingerprint density at radius 3 is 2.58 bits per heavy atom. The molecule has 3 rings (SSSR count). The molecule has 24 heteroatoms. The van der Waals surface area contributed by atoms with Crippen LogP contribution in [-0.4, -0.2) is 82.0 Å². The Bertz CT molecular complexity index is 1370. The lowest BCUT2D eigenvalue weighted by Crippen LogP contribution is -2.33. The van der Waals surface area contributed by atoms with Crippen molar-refractivity contribution >= 4 is 40.4 Å².